The number of ether oxygens (including phenoxy) is 5. The Morgan fingerprint density at radius 3 is 1.51 bits per heavy atom. The fourth-order valence-electron chi connectivity index (χ4n) is 7.00. The lowest BCUT2D eigenvalue weighted by Gasteiger charge is -2.48. The van der Waals surface area contributed by atoms with Crippen molar-refractivity contribution in [3.05, 3.63) is 0 Å². The van der Waals surface area contributed by atoms with Gasteiger partial charge in [0.1, 0.15) is 36.8 Å². The van der Waals surface area contributed by atoms with Gasteiger partial charge in [-0.3, -0.25) is 0 Å². The molecule has 0 radical (unpaired) electrons. The van der Waals surface area contributed by atoms with Crippen molar-refractivity contribution < 1.29 is 109 Å². The standard InChI is InChI=1S/C29H46O22/c1-47-22-19(36)18(35)13(51-23(22)27(42)43)7-10-15(32)17(34)12(50-21(10)26(40)41)6-9-14(31)16(33)11(49-20(9)25(38)39)5-8(3-4-30)29(45,46)24(37)28(44)48-2/h4,8-24,28,31-37,44-46H,3,5-7H2,1-2H3,(H,38,39)(H,40,41)(H,42,43). The van der Waals surface area contributed by atoms with Gasteiger partial charge in [-0.15, -0.1) is 0 Å². The second kappa shape index (κ2) is 17.5. The molecule has 0 aromatic heterocycles. The van der Waals surface area contributed by atoms with E-state index >= 15 is 0 Å². The van der Waals surface area contributed by atoms with Crippen molar-refractivity contribution in [3.8, 4) is 0 Å². The van der Waals surface area contributed by atoms with E-state index < -0.39 is 159 Å². The second-order valence-corrected chi connectivity index (χ2v) is 12.9. The van der Waals surface area contributed by atoms with Crippen LogP contribution in [0.15, 0.2) is 0 Å². The van der Waals surface area contributed by atoms with Gasteiger partial charge in [-0.05, 0) is 19.3 Å². The van der Waals surface area contributed by atoms with Crippen molar-refractivity contribution in [1.82, 2.24) is 0 Å². The number of carboxylic acids is 3. The van der Waals surface area contributed by atoms with E-state index in [1.807, 2.05) is 0 Å². The SMILES string of the molecule is COC(O)C(O)C(O)(O)C(CC=O)CC1OC(C(=O)O)C(CC2OC(C(=O)O)C(CC3OC(C(=O)O)C(OC)C(O)C3O)C(O)C2O)C(O)C1O. The highest BCUT2D eigenvalue weighted by Gasteiger charge is 2.56. The first-order valence-corrected chi connectivity index (χ1v) is 15.8. The number of carbonyl (C=O) groups is 4. The number of aldehydes is 1. The molecule has 18 atom stereocenters. The summed E-state index contributed by atoms with van der Waals surface area (Å²) < 4.78 is 25.8. The lowest BCUT2D eigenvalue weighted by atomic mass is 9.75. The van der Waals surface area contributed by atoms with E-state index in [2.05, 4.69) is 4.74 Å². The summed E-state index contributed by atoms with van der Waals surface area (Å²) in [5, 5.41) is 135. The van der Waals surface area contributed by atoms with Crippen molar-refractivity contribution in [2.45, 2.75) is 123 Å². The van der Waals surface area contributed by atoms with Crippen LogP contribution in [0, 0.1) is 17.8 Å². The molecule has 294 valence electrons. The molecule has 0 amide bonds. The monoisotopic (exact) mass is 746 g/mol. The highest BCUT2D eigenvalue weighted by Crippen LogP contribution is 2.40. The van der Waals surface area contributed by atoms with Gasteiger partial charge in [-0.2, -0.15) is 0 Å². The summed E-state index contributed by atoms with van der Waals surface area (Å²) >= 11 is 0. The molecule has 3 fully saturated rings. The fourth-order valence-corrected chi connectivity index (χ4v) is 7.00. The van der Waals surface area contributed by atoms with Gasteiger partial charge in [0.25, 0.3) is 0 Å². The molecule has 3 heterocycles. The summed E-state index contributed by atoms with van der Waals surface area (Å²) in [6, 6.07) is 0. The van der Waals surface area contributed by atoms with E-state index in [0.717, 1.165) is 14.2 Å². The molecule has 22 nitrogen and oxygen atoms in total. The number of hydrogen-bond donors (Lipinski definition) is 13. The number of methoxy groups -OCH3 is 2. The number of rotatable bonds is 16. The number of aliphatic hydroxyl groups excluding tert-OH is 8. The number of aliphatic carboxylic acids is 3. The average molecular weight is 747 g/mol. The number of carboxylic acid groups (broad SMARTS) is 3. The van der Waals surface area contributed by atoms with E-state index in [4.69, 9.17) is 18.9 Å². The first-order valence-electron chi connectivity index (χ1n) is 15.8. The van der Waals surface area contributed by atoms with Crippen LogP contribution in [-0.4, -0.2) is 202 Å². The zero-order valence-electron chi connectivity index (χ0n) is 27.3. The Balaban J connectivity index is 1.82. The first-order chi connectivity index (χ1) is 23.7. The number of carbonyl (C=O) groups excluding carboxylic acids is 1. The first kappa shape index (κ1) is 42.9. The summed E-state index contributed by atoms with van der Waals surface area (Å²) in [4.78, 5) is 47.6. The van der Waals surface area contributed by atoms with E-state index in [1.54, 1.807) is 0 Å². The number of aliphatic hydroxyl groups is 10. The summed E-state index contributed by atoms with van der Waals surface area (Å²) in [5.41, 5.74) is 0. The van der Waals surface area contributed by atoms with E-state index in [9.17, 15) is 85.6 Å². The fraction of sp³-hybridized carbons (Fsp3) is 0.862. The largest absolute Gasteiger partial charge is 0.479 e. The maximum Gasteiger partial charge on any atom is 0.335 e. The van der Waals surface area contributed by atoms with Crippen LogP contribution in [0.4, 0.5) is 0 Å². The molecule has 0 aliphatic carbocycles. The maximum absolute atomic E-state index is 12.3. The third kappa shape index (κ3) is 9.00. The van der Waals surface area contributed by atoms with Gasteiger partial charge >= 0.3 is 17.9 Å². The Kier molecular flexibility index (Phi) is 14.7. The Morgan fingerprint density at radius 2 is 1.10 bits per heavy atom. The summed E-state index contributed by atoms with van der Waals surface area (Å²) in [5.74, 6) is -13.4. The van der Waals surface area contributed by atoms with Crippen LogP contribution in [0.2, 0.25) is 0 Å². The molecule has 0 bridgehead atoms. The van der Waals surface area contributed by atoms with Gasteiger partial charge in [-0.1, -0.05) is 0 Å². The van der Waals surface area contributed by atoms with Gasteiger partial charge in [0.2, 0.25) is 0 Å². The summed E-state index contributed by atoms with van der Waals surface area (Å²) in [6.07, 6.45) is -31.7. The van der Waals surface area contributed by atoms with E-state index in [-0.39, 0.29) is 6.29 Å². The Morgan fingerprint density at radius 1 is 0.686 bits per heavy atom. The Bertz CT molecular complexity index is 1200. The van der Waals surface area contributed by atoms with Crippen LogP contribution < -0.4 is 0 Å². The average Bonchev–Trinajstić information content (AvgIpc) is 3.07. The van der Waals surface area contributed by atoms with E-state index in [1.165, 1.54) is 0 Å². The van der Waals surface area contributed by atoms with Crippen LogP contribution >= 0.6 is 0 Å². The Labute approximate surface area is 288 Å². The molecule has 0 aromatic carbocycles. The molecule has 51 heavy (non-hydrogen) atoms. The van der Waals surface area contributed by atoms with Gasteiger partial charge in [0, 0.05) is 38.4 Å². The van der Waals surface area contributed by atoms with Crippen LogP contribution in [0.1, 0.15) is 25.7 Å². The smallest absolute Gasteiger partial charge is 0.335 e. The molecule has 3 rings (SSSR count). The molecule has 3 aliphatic rings. The van der Waals surface area contributed by atoms with Gasteiger partial charge < -0.3 is 94.9 Å². The normalized spacial score (nSPS) is 40.9. The van der Waals surface area contributed by atoms with Gasteiger partial charge in [0.15, 0.2) is 36.5 Å². The predicted molar refractivity (Wildman–Crippen MR) is 157 cm³/mol. The minimum absolute atomic E-state index is 0.199. The third-order valence-electron chi connectivity index (χ3n) is 9.90. The molecule has 0 saturated carbocycles. The van der Waals surface area contributed by atoms with Crippen molar-refractivity contribution in [3.63, 3.8) is 0 Å². The number of hydrogen-bond acceptors (Lipinski definition) is 19. The van der Waals surface area contributed by atoms with Crippen LogP contribution in [0.3, 0.4) is 0 Å². The van der Waals surface area contributed by atoms with Crippen LogP contribution in [-0.2, 0) is 42.9 Å². The molecule has 0 spiro atoms. The highest BCUT2D eigenvalue weighted by molar-refractivity contribution is 5.74. The lowest BCUT2D eigenvalue weighted by Crippen LogP contribution is -2.64. The maximum atomic E-state index is 12.3. The minimum atomic E-state index is -3.27. The zero-order chi connectivity index (χ0) is 38.7. The molecular weight excluding hydrogens is 700 g/mol. The molecular formula is C29H46O22. The highest BCUT2D eigenvalue weighted by atomic mass is 16.6. The zero-order valence-corrected chi connectivity index (χ0v) is 27.3. The van der Waals surface area contributed by atoms with Crippen molar-refractivity contribution in [2.24, 2.45) is 17.8 Å². The van der Waals surface area contributed by atoms with Crippen molar-refractivity contribution >= 4 is 24.2 Å². The predicted octanol–water partition coefficient (Wildman–Crippen LogP) is -6.66. The van der Waals surface area contributed by atoms with Crippen LogP contribution in [0.5, 0.6) is 0 Å². The Hall–Kier alpha value is -2.52. The molecule has 3 saturated heterocycles. The minimum Gasteiger partial charge on any atom is -0.479 e. The second-order valence-electron chi connectivity index (χ2n) is 12.9. The molecule has 0 aromatic rings. The molecule has 18 unspecified atom stereocenters. The summed E-state index contributed by atoms with van der Waals surface area (Å²) in [6.45, 7) is 0. The van der Waals surface area contributed by atoms with E-state index in [0.29, 0.717) is 0 Å². The lowest BCUT2D eigenvalue weighted by molar-refractivity contribution is -0.312. The topological polar surface area (TPSA) is 377 Å². The summed E-state index contributed by atoms with van der Waals surface area (Å²) in [7, 11) is 1.97. The van der Waals surface area contributed by atoms with Gasteiger partial charge in [-0.25, -0.2) is 14.4 Å². The molecule has 3 aliphatic heterocycles. The van der Waals surface area contributed by atoms with Crippen LogP contribution in [0.25, 0.3) is 0 Å². The third-order valence-corrected chi connectivity index (χ3v) is 9.90. The van der Waals surface area contributed by atoms with Gasteiger partial charge in [0.05, 0.1) is 30.5 Å². The van der Waals surface area contributed by atoms with Crippen molar-refractivity contribution in [2.75, 3.05) is 14.2 Å². The molecule has 13 N–H and O–H groups in total. The molecule has 22 heteroatoms. The van der Waals surface area contributed by atoms with Crippen molar-refractivity contribution in [1.29, 1.82) is 0 Å². The quantitative estimate of drug-likeness (QED) is 0.0515.